The van der Waals surface area contributed by atoms with Gasteiger partial charge in [0.25, 0.3) is 5.91 Å². The first-order valence-electron chi connectivity index (χ1n) is 8.31. The van der Waals surface area contributed by atoms with Crippen molar-refractivity contribution >= 4 is 17.5 Å². The first kappa shape index (κ1) is 15.6. The average Bonchev–Trinajstić information content (AvgIpc) is 3.47. The summed E-state index contributed by atoms with van der Waals surface area (Å²) in [5, 5.41) is 0.479. The Morgan fingerprint density at radius 3 is 2.67 bits per heavy atom. The molecule has 4 rings (SSSR count). The second-order valence-electron chi connectivity index (χ2n) is 6.51. The van der Waals surface area contributed by atoms with Gasteiger partial charge in [-0.25, -0.2) is 0 Å². The van der Waals surface area contributed by atoms with Crippen LogP contribution >= 0.6 is 11.6 Å². The molecule has 0 spiro atoms. The fourth-order valence-electron chi connectivity index (χ4n) is 3.25. The summed E-state index contributed by atoms with van der Waals surface area (Å²) < 4.78 is 6.30. The number of morpholine rings is 1. The van der Waals surface area contributed by atoms with Gasteiger partial charge in [0, 0.05) is 18.9 Å². The maximum absolute atomic E-state index is 12.9. The lowest BCUT2D eigenvalue weighted by molar-refractivity contribution is -0.0864. The smallest absolute Gasteiger partial charge is 0.255 e. The Labute approximate surface area is 146 Å². The van der Waals surface area contributed by atoms with Gasteiger partial charge in [-0.15, -0.1) is 0 Å². The first-order valence-corrected chi connectivity index (χ1v) is 8.69. The van der Waals surface area contributed by atoms with E-state index in [2.05, 4.69) is 17.1 Å². The van der Waals surface area contributed by atoms with E-state index in [0.717, 1.165) is 5.56 Å². The fraction of sp³-hybridized carbons (Fsp3) is 0.368. The highest BCUT2D eigenvalue weighted by atomic mass is 35.5. The summed E-state index contributed by atoms with van der Waals surface area (Å²) in [5.74, 6) is 0.546. The van der Waals surface area contributed by atoms with Crippen LogP contribution < -0.4 is 0 Å². The maximum atomic E-state index is 12.9. The highest BCUT2D eigenvalue weighted by Gasteiger charge is 2.40. The van der Waals surface area contributed by atoms with Gasteiger partial charge < -0.3 is 9.64 Å². The average molecular weight is 343 g/mol. The normalized spacial score (nSPS) is 24.0. The molecule has 1 aliphatic carbocycles. The molecule has 1 amide bonds. The highest BCUT2D eigenvalue weighted by Crippen LogP contribution is 2.39. The molecule has 1 saturated heterocycles. The zero-order valence-electron chi connectivity index (χ0n) is 13.3. The van der Waals surface area contributed by atoms with E-state index in [1.54, 1.807) is 12.3 Å². The summed E-state index contributed by atoms with van der Waals surface area (Å²) in [7, 11) is 0. The van der Waals surface area contributed by atoms with Crippen molar-refractivity contribution < 1.29 is 9.53 Å². The zero-order chi connectivity index (χ0) is 16.5. The van der Waals surface area contributed by atoms with Crippen molar-refractivity contribution in [2.45, 2.75) is 25.0 Å². The van der Waals surface area contributed by atoms with Crippen LogP contribution in [-0.4, -0.2) is 35.0 Å². The number of aromatic nitrogens is 1. The van der Waals surface area contributed by atoms with Crippen LogP contribution in [0.4, 0.5) is 0 Å². The van der Waals surface area contributed by atoms with Crippen LogP contribution in [0.2, 0.25) is 5.02 Å². The first-order chi connectivity index (χ1) is 11.7. The van der Waals surface area contributed by atoms with Crippen LogP contribution in [0.5, 0.6) is 0 Å². The lowest BCUT2D eigenvalue weighted by Crippen LogP contribution is -2.47. The van der Waals surface area contributed by atoms with Crippen molar-refractivity contribution in [1.82, 2.24) is 9.88 Å². The topological polar surface area (TPSA) is 42.4 Å². The van der Waals surface area contributed by atoms with Gasteiger partial charge in [0.2, 0.25) is 0 Å². The van der Waals surface area contributed by atoms with Gasteiger partial charge in [0.15, 0.2) is 0 Å². The van der Waals surface area contributed by atoms with Crippen molar-refractivity contribution in [2.75, 3.05) is 13.1 Å². The van der Waals surface area contributed by atoms with Crippen LogP contribution in [-0.2, 0) is 4.74 Å². The number of rotatable bonds is 3. The predicted octanol–water partition coefficient (Wildman–Crippen LogP) is 3.73. The van der Waals surface area contributed by atoms with Crippen LogP contribution in [0.1, 0.15) is 34.9 Å². The SMILES string of the molecule is O=C(c1cncc(Cl)c1)N1C[C@@H](c2ccccc2)O[C@@H](C2CC2)C1. The van der Waals surface area contributed by atoms with Crippen molar-refractivity contribution in [3.63, 3.8) is 0 Å². The molecule has 0 N–H and O–H groups in total. The number of hydrogen-bond acceptors (Lipinski definition) is 3. The highest BCUT2D eigenvalue weighted by molar-refractivity contribution is 6.30. The number of halogens is 1. The molecule has 124 valence electrons. The largest absolute Gasteiger partial charge is 0.366 e. The minimum Gasteiger partial charge on any atom is -0.366 e. The summed E-state index contributed by atoms with van der Waals surface area (Å²) in [4.78, 5) is 18.8. The quantitative estimate of drug-likeness (QED) is 0.853. The molecule has 2 aliphatic rings. The van der Waals surface area contributed by atoms with E-state index >= 15 is 0 Å². The van der Waals surface area contributed by atoms with E-state index in [1.165, 1.54) is 19.0 Å². The number of nitrogens with zero attached hydrogens (tertiary/aromatic N) is 2. The number of carbonyl (C=O) groups excluding carboxylic acids is 1. The summed E-state index contributed by atoms with van der Waals surface area (Å²) >= 11 is 5.98. The monoisotopic (exact) mass is 342 g/mol. The number of pyridine rings is 1. The predicted molar refractivity (Wildman–Crippen MR) is 91.9 cm³/mol. The molecule has 1 saturated carbocycles. The third-order valence-electron chi connectivity index (χ3n) is 4.68. The molecule has 0 unspecified atom stereocenters. The Balaban J connectivity index is 1.58. The molecule has 0 bridgehead atoms. The van der Waals surface area contributed by atoms with Gasteiger partial charge in [0.05, 0.1) is 23.2 Å². The molecule has 2 fully saturated rings. The number of ether oxygens (including phenoxy) is 1. The summed E-state index contributed by atoms with van der Waals surface area (Å²) in [5.41, 5.74) is 1.65. The molecular weight excluding hydrogens is 324 g/mol. The second kappa shape index (κ2) is 6.54. The van der Waals surface area contributed by atoms with Gasteiger partial charge in [-0.1, -0.05) is 41.9 Å². The van der Waals surface area contributed by atoms with Gasteiger partial charge in [-0.3, -0.25) is 9.78 Å². The Hall–Kier alpha value is -1.91. The van der Waals surface area contributed by atoms with E-state index < -0.39 is 0 Å². The van der Waals surface area contributed by atoms with Gasteiger partial charge in [-0.2, -0.15) is 0 Å². The van der Waals surface area contributed by atoms with E-state index in [1.807, 2.05) is 23.1 Å². The third-order valence-corrected chi connectivity index (χ3v) is 4.89. The molecule has 2 atom stereocenters. The number of hydrogen-bond donors (Lipinski definition) is 0. The Morgan fingerprint density at radius 1 is 1.17 bits per heavy atom. The number of amides is 1. The molecule has 2 aromatic rings. The minimum absolute atomic E-state index is 0.0279. The summed E-state index contributed by atoms with van der Waals surface area (Å²) in [6.07, 6.45) is 5.52. The van der Waals surface area contributed by atoms with Crippen LogP contribution in [0.25, 0.3) is 0 Å². The number of carbonyl (C=O) groups is 1. The number of benzene rings is 1. The van der Waals surface area contributed by atoms with E-state index in [0.29, 0.717) is 29.6 Å². The van der Waals surface area contributed by atoms with Crippen LogP contribution in [0, 0.1) is 5.92 Å². The fourth-order valence-corrected chi connectivity index (χ4v) is 3.42. The van der Waals surface area contributed by atoms with E-state index in [9.17, 15) is 4.79 Å². The van der Waals surface area contributed by atoms with Crippen molar-refractivity contribution in [1.29, 1.82) is 0 Å². The Morgan fingerprint density at radius 2 is 1.96 bits per heavy atom. The van der Waals surface area contributed by atoms with Crippen molar-refractivity contribution in [2.24, 2.45) is 5.92 Å². The molecule has 1 aliphatic heterocycles. The minimum atomic E-state index is -0.0818. The molecular formula is C19H19ClN2O2. The van der Waals surface area contributed by atoms with E-state index in [-0.39, 0.29) is 18.1 Å². The maximum Gasteiger partial charge on any atom is 0.255 e. The zero-order valence-corrected chi connectivity index (χ0v) is 14.0. The van der Waals surface area contributed by atoms with Gasteiger partial charge >= 0.3 is 0 Å². The summed E-state index contributed by atoms with van der Waals surface area (Å²) in [6.45, 7) is 1.19. The Bertz CT molecular complexity index is 733. The standard InChI is InChI=1S/C19H19ClN2O2/c20-16-8-15(9-21-10-16)19(23)22-11-17(13-4-2-1-3-5-13)24-18(12-22)14-6-7-14/h1-5,8-10,14,17-18H,6-7,11-12H2/t17-,18+/m0/s1. The van der Waals surface area contributed by atoms with Crippen LogP contribution in [0.15, 0.2) is 48.8 Å². The lowest BCUT2D eigenvalue weighted by atomic mass is 10.0. The third kappa shape index (κ3) is 3.30. The Kier molecular flexibility index (Phi) is 4.25. The lowest BCUT2D eigenvalue weighted by Gasteiger charge is -2.38. The molecule has 4 nitrogen and oxygen atoms in total. The molecule has 0 radical (unpaired) electrons. The van der Waals surface area contributed by atoms with Gasteiger partial charge in [-0.05, 0) is 30.4 Å². The molecule has 1 aromatic carbocycles. The van der Waals surface area contributed by atoms with Crippen molar-refractivity contribution in [3.8, 4) is 0 Å². The van der Waals surface area contributed by atoms with Crippen molar-refractivity contribution in [3.05, 3.63) is 64.9 Å². The van der Waals surface area contributed by atoms with E-state index in [4.69, 9.17) is 16.3 Å². The molecule has 2 heterocycles. The summed E-state index contributed by atoms with van der Waals surface area (Å²) in [6, 6.07) is 11.8. The molecule has 5 heteroatoms. The van der Waals surface area contributed by atoms with Gasteiger partial charge in [0.1, 0.15) is 6.10 Å². The van der Waals surface area contributed by atoms with Crippen LogP contribution in [0.3, 0.4) is 0 Å². The molecule has 24 heavy (non-hydrogen) atoms. The molecule has 1 aromatic heterocycles. The second-order valence-corrected chi connectivity index (χ2v) is 6.95.